The summed E-state index contributed by atoms with van der Waals surface area (Å²) in [5, 5.41) is 0.390. The molecule has 6 aromatic carbocycles. The third-order valence-electron chi connectivity index (χ3n) is 9.09. The number of rotatable bonds is 9. The van der Waals surface area contributed by atoms with E-state index in [9.17, 15) is 17.6 Å². The minimum atomic E-state index is -0.562. The Hall–Kier alpha value is -5.33. The lowest BCUT2D eigenvalue weighted by Crippen LogP contribution is -2.11. The van der Waals surface area contributed by atoms with Crippen LogP contribution in [0.15, 0.2) is 137 Å². The van der Waals surface area contributed by atoms with E-state index in [4.69, 9.17) is 21.6 Å². The van der Waals surface area contributed by atoms with Crippen molar-refractivity contribution in [3.63, 3.8) is 0 Å². The molecule has 0 unspecified atom stereocenters. The van der Waals surface area contributed by atoms with Crippen LogP contribution >= 0.6 is 11.6 Å². The molecule has 0 spiro atoms. The minimum absolute atomic E-state index is 0.390. The standard InChI is InChI=1S/C44H35ClF4N2/c1-26-6-5-7-27(2)43(26)50-28(3)29(4)51-44-39(41(30-8-16-35(46)17-9-30)31-10-18-36(47)19-11-31)24-34(45)25-40(44)42(32-12-20-37(48)21-13-32)33-14-22-38(49)23-15-33/h5-25,41-42H,1-4H3. The molecule has 7 heteroatoms. The normalized spacial score (nSPS) is 12.2. The first-order valence-electron chi connectivity index (χ1n) is 16.5. The molecule has 0 bridgehead atoms. The average molecular weight is 703 g/mol. The smallest absolute Gasteiger partial charge is 0.123 e. The molecule has 0 saturated heterocycles. The molecule has 0 aliphatic carbocycles. The molecule has 0 aromatic heterocycles. The predicted molar refractivity (Wildman–Crippen MR) is 200 cm³/mol. The monoisotopic (exact) mass is 702 g/mol. The molecular weight excluding hydrogens is 668 g/mol. The lowest BCUT2D eigenvalue weighted by Gasteiger charge is -2.27. The summed E-state index contributed by atoms with van der Waals surface area (Å²) in [6.07, 6.45) is 0. The summed E-state index contributed by atoms with van der Waals surface area (Å²) >= 11 is 6.99. The summed E-state index contributed by atoms with van der Waals surface area (Å²) in [7, 11) is 0. The van der Waals surface area contributed by atoms with E-state index in [1.165, 1.54) is 48.5 Å². The van der Waals surface area contributed by atoms with Crippen molar-refractivity contribution < 1.29 is 17.6 Å². The number of hydrogen-bond donors (Lipinski definition) is 0. The van der Waals surface area contributed by atoms with Gasteiger partial charge in [0.1, 0.15) is 23.3 Å². The van der Waals surface area contributed by atoms with Crippen LogP contribution in [0.1, 0.15) is 70.2 Å². The first-order chi connectivity index (χ1) is 24.5. The molecule has 256 valence electrons. The number of halogens is 5. The maximum Gasteiger partial charge on any atom is 0.123 e. The van der Waals surface area contributed by atoms with Crippen LogP contribution in [0, 0.1) is 37.1 Å². The van der Waals surface area contributed by atoms with E-state index in [0.29, 0.717) is 33.3 Å². The molecule has 0 atom stereocenters. The van der Waals surface area contributed by atoms with Gasteiger partial charge < -0.3 is 0 Å². The van der Waals surface area contributed by atoms with E-state index in [1.54, 1.807) is 48.5 Å². The van der Waals surface area contributed by atoms with Crippen molar-refractivity contribution in [3.05, 3.63) is 200 Å². The molecule has 51 heavy (non-hydrogen) atoms. The van der Waals surface area contributed by atoms with Crippen LogP contribution in [0.25, 0.3) is 0 Å². The van der Waals surface area contributed by atoms with Gasteiger partial charge in [-0.1, -0.05) is 78.3 Å². The van der Waals surface area contributed by atoms with Crippen LogP contribution in [-0.4, -0.2) is 11.4 Å². The lowest BCUT2D eigenvalue weighted by molar-refractivity contribution is 0.625. The number of para-hydroxylation sites is 1. The molecule has 0 N–H and O–H groups in total. The molecule has 0 aliphatic rings. The minimum Gasteiger partial charge on any atom is -0.251 e. The largest absolute Gasteiger partial charge is 0.251 e. The highest BCUT2D eigenvalue weighted by molar-refractivity contribution is 6.41. The molecule has 0 fully saturated rings. The highest BCUT2D eigenvalue weighted by Gasteiger charge is 2.28. The first-order valence-corrected chi connectivity index (χ1v) is 16.9. The second kappa shape index (κ2) is 15.3. The topological polar surface area (TPSA) is 24.7 Å². The van der Waals surface area contributed by atoms with Gasteiger partial charge >= 0.3 is 0 Å². The highest BCUT2D eigenvalue weighted by atomic mass is 35.5. The van der Waals surface area contributed by atoms with Gasteiger partial charge in [-0.05, 0) is 133 Å². The number of aliphatic imine (C=N–C) groups is 2. The summed E-state index contributed by atoms with van der Waals surface area (Å²) in [5.41, 5.74) is 9.00. The van der Waals surface area contributed by atoms with E-state index in [0.717, 1.165) is 39.1 Å². The van der Waals surface area contributed by atoms with E-state index >= 15 is 0 Å². The number of hydrogen-bond acceptors (Lipinski definition) is 2. The maximum atomic E-state index is 14.3. The quantitative estimate of drug-likeness (QED) is 0.0814. The first kappa shape index (κ1) is 35.5. The summed E-state index contributed by atoms with van der Waals surface area (Å²) in [6.45, 7) is 7.79. The van der Waals surface area contributed by atoms with Crippen molar-refractivity contribution in [2.45, 2.75) is 39.5 Å². The Balaban J connectivity index is 1.69. The van der Waals surface area contributed by atoms with Crippen molar-refractivity contribution >= 4 is 34.4 Å². The van der Waals surface area contributed by atoms with Gasteiger partial charge in [0, 0.05) is 16.9 Å². The Morgan fingerprint density at radius 1 is 0.471 bits per heavy atom. The fourth-order valence-corrected chi connectivity index (χ4v) is 6.65. The molecule has 0 amide bonds. The van der Waals surface area contributed by atoms with Crippen molar-refractivity contribution in [1.82, 2.24) is 0 Å². The summed E-state index contributed by atoms with van der Waals surface area (Å²) in [6, 6.07) is 34.2. The number of nitrogens with zero attached hydrogens (tertiary/aromatic N) is 2. The predicted octanol–water partition coefficient (Wildman–Crippen LogP) is 12.8. The van der Waals surface area contributed by atoms with Crippen LogP contribution in [-0.2, 0) is 0 Å². The van der Waals surface area contributed by atoms with Crippen LogP contribution in [0.4, 0.5) is 28.9 Å². The van der Waals surface area contributed by atoms with Gasteiger partial charge in [0.05, 0.1) is 22.8 Å². The summed E-state index contributed by atoms with van der Waals surface area (Å²) in [5.74, 6) is -2.72. The summed E-state index contributed by atoms with van der Waals surface area (Å²) in [4.78, 5) is 10.3. The molecule has 0 aliphatic heterocycles. The lowest BCUT2D eigenvalue weighted by atomic mass is 9.79. The van der Waals surface area contributed by atoms with Crippen molar-refractivity contribution in [2.24, 2.45) is 9.98 Å². The second-order valence-electron chi connectivity index (χ2n) is 12.6. The van der Waals surface area contributed by atoms with Crippen LogP contribution < -0.4 is 0 Å². The Labute approximate surface area is 300 Å². The molecule has 0 heterocycles. The van der Waals surface area contributed by atoms with Crippen LogP contribution in [0.3, 0.4) is 0 Å². The Morgan fingerprint density at radius 2 is 0.765 bits per heavy atom. The van der Waals surface area contributed by atoms with Crippen molar-refractivity contribution in [2.75, 3.05) is 0 Å². The fourth-order valence-electron chi connectivity index (χ4n) is 6.41. The molecule has 0 saturated carbocycles. The van der Waals surface area contributed by atoms with Gasteiger partial charge in [0.15, 0.2) is 0 Å². The van der Waals surface area contributed by atoms with E-state index < -0.39 is 35.1 Å². The van der Waals surface area contributed by atoms with E-state index in [2.05, 4.69) is 0 Å². The van der Waals surface area contributed by atoms with E-state index in [1.807, 2.05) is 58.0 Å². The zero-order valence-corrected chi connectivity index (χ0v) is 29.3. The fraction of sp³-hybridized carbons (Fsp3) is 0.136. The molecule has 6 aromatic rings. The van der Waals surface area contributed by atoms with Crippen molar-refractivity contribution in [3.8, 4) is 0 Å². The summed E-state index contributed by atoms with van der Waals surface area (Å²) < 4.78 is 57.2. The third kappa shape index (κ3) is 8.03. The Bertz CT molecular complexity index is 2000. The van der Waals surface area contributed by atoms with Gasteiger partial charge in [0.25, 0.3) is 0 Å². The van der Waals surface area contributed by atoms with Gasteiger partial charge in [-0.3, -0.25) is 9.98 Å². The van der Waals surface area contributed by atoms with E-state index in [-0.39, 0.29) is 0 Å². The number of benzene rings is 6. The average Bonchev–Trinajstić information content (AvgIpc) is 3.11. The van der Waals surface area contributed by atoms with Crippen LogP contribution in [0.5, 0.6) is 0 Å². The molecule has 2 nitrogen and oxygen atoms in total. The molecule has 6 rings (SSSR count). The second-order valence-corrected chi connectivity index (χ2v) is 13.1. The van der Waals surface area contributed by atoms with Gasteiger partial charge in [-0.15, -0.1) is 0 Å². The van der Waals surface area contributed by atoms with Crippen LogP contribution in [0.2, 0.25) is 5.02 Å². The SMILES string of the molecule is CC(=Nc1c(C)cccc1C)C(C)=Nc1c(C(c2ccc(F)cc2)c2ccc(F)cc2)cc(Cl)cc1C(c1ccc(F)cc1)c1ccc(F)cc1. The zero-order chi connectivity index (χ0) is 36.2. The molecular formula is C44H35ClF4N2. The third-order valence-corrected chi connectivity index (χ3v) is 9.31. The van der Waals surface area contributed by atoms with Gasteiger partial charge in [-0.25, -0.2) is 17.6 Å². The maximum absolute atomic E-state index is 14.3. The Kier molecular flexibility index (Phi) is 10.6. The highest BCUT2D eigenvalue weighted by Crippen LogP contribution is 2.46. The number of aryl methyl sites for hydroxylation is 2. The van der Waals surface area contributed by atoms with Gasteiger partial charge in [0.2, 0.25) is 0 Å². The Morgan fingerprint density at radius 3 is 1.08 bits per heavy atom. The zero-order valence-electron chi connectivity index (χ0n) is 28.6. The van der Waals surface area contributed by atoms with Crippen molar-refractivity contribution in [1.29, 1.82) is 0 Å². The molecule has 0 radical (unpaired) electrons. The van der Waals surface area contributed by atoms with Gasteiger partial charge in [-0.2, -0.15) is 0 Å².